The number of rotatable bonds is 18. The quantitative estimate of drug-likeness (QED) is 0.223. The van der Waals surface area contributed by atoms with Gasteiger partial charge in [0.1, 0.15) is 6.54 Å². The highest BCUT2D eigenvalue weighted by atomic mass is 28.4. The van der Waals surface area contributed by atoms with Crippen molar-refractivity contribution in [2.75, 3.05) is 31.2 Å². The summed E-state index contributed by atoms with van der Waals surface area (Å²) in [5, 5.41) is 0. The van der Waals surface area contributed by atoms with Gasteiger partial charge in [0.25, 0.3) is 8.32 Å². The van der Waals surface area contributed by atoms with Crippen molar-refractivity contribution in [1.29, 1.82) is 0 Å². The predicted molar refractivity (Wildman–Crippen MR) is 141 cm³/mol. The van der Waals surface area contributed by atoms with E-state index in [1.165, 1.54) is 0 Å². The third kappa shape index (κ3) is 9.90. The van der Waals surface area contributed by atoms with Gasteiger partial charge < -0.3 is 22.6 Å². The van der Waals surface area contributed by atoms with Crippen molar-refractivity contribution in [1.82, 2.24) is 0 Å². The molecule has 8 heteroatoms. The van der Waals surface area contributed by atoms with Gasteiger partial charge in [-0.15, -0.1) is 0 Å². The molecule has 0 aliphatic carbocycles. The summed E-state index contributed by atoms with van der Waals surface area (Å²) in [7, 11) is -4.76. The van der Waals surface area contributed by atoms with Gasteiger partial charge in [-0.25, -0.2) is 0 Å². The lowest BCUT2D eigenvalue weighted by Crippen LogP contribution is -2.48. The van der Waals surface area contributed by atoms with Crippen LogP contribution in [0.1, 0.15) is 61.3 Å². The first-order valence-electron chi connectivity index (χ1n) is 12.8. The Morgan fingerprint density at radius 1 is 0.939 bits per heavy atom. The number of para-hydroxylation sites is 1. The summed E-state index contributed by atoms with van der Waals surface area (Å²) in [6, 6.07) is 13.7. The van der Waals surface area contributed by atoms with Gasteiger partial charge >= 0.3 is 14.8 Å². The van der Waals surface area contributed by atoms with Crippen LogP contribution in [0.3, 0.4) is 0 Å². The molecule has 0 aliphatic rings. The van der Waals surface area contributed by atoms with Crippen molar-refractivity contribution < 1.29 is 22.5 Å². The van der Waals surface area contributed by atoms with E-state index < -0.39 is 17.1 Å². The molecule has 0 radical (unpaired) electrons. The van der Waals surface area contributed by atoms with Crippen molar-refractivity contribution in [3.05, 3.63) is 30.3 Å². The van der Waals surface area contributed by atoms with E-state index in [4.69, 9.17) is 17.7 Å². The SMILES string of the molecule is CCO[Si](CCCN(CC(=O)O[Si](CC)(CC)CC)c1ccccc1)(OCC)OC(C)CC. The highest BCUT2D eigenvalue weighted by Gasteiger charge is 2.41. The van der Waals surface area contributed by atoms with Crippen LogP contribution in [0.2, 0.25) is 24.2 Å². The molecule has 0 amide bonds. The highest BCUT2D eigenvalue weighted by Crippen LogP contribution is 2.24. The van der Waals surface area contributed by atoms with Gasteiger partial charge in [-0.1, -0.05) is 45.9 Å². The fourth-order valence-corrected chi connectivity index (χ4v) is 9.32. The summed E-state index contributed by atoms with van der Waals surface area (Å²) >= 11 is 0. The van der Waals surface area contributed by atoms with E-state index in [0.717, 1.165) is 42.7 Å². The largest absolute Gasteiger partial charge is 0.518 e. The van der Waals surface area contributed by atoms with Gasteiger partial charge in [0, 0.05) is 37.6 Å². The van der Waals surface area contributed by atoms with E-state index >= 15 is 0 Å². The standard InChI is InChI=1S/C25H47NO5Si2/c1-8-23(7)30-33(28-9-2,29-10-3)21-17-20-26(24-18-15-14-16-19-24)22-25(27)31-32(11-4,12-5)13-6/h14-16,18-19,23H,8-13,17,20-22H2,1-7H3. The topological polar surface area (TPSA) is 57.2 Å². The van der Waals surface area contributed by atoms with Gasteiger partial charge in [-0.3, -0.25) is 4.79 Å². The van der Waals surface area contributed by atoms with E-state index in [2.05, 4.69) is 39.5 Å². The molecule has 1 atom stereocenters. The lowest BCUT2D eigenvalue weighted by molar-refractivity contribution is -0.133. The van der Waals surface area contributed by atoms with E-state index in [9.17, 15) is 4.79 Å². The number of hydrogen-bond acceptors (Lipinski definition) is 6. The van der Waals surface area contributed by atoms with Gasteiger partial charge in [0.15, 0.2) is 0 Å². The van der Waals surface area contributed by atoms with Crippen molar-refractivity contribution >= 4 is 28.8 Å². The molecule has 33 heavy (non-hydrogen) atoms. The number of anilines is 1. The fourth-order valence-electron chi connectivity index (χ4n) is 3.96. The number of carbonyl (C=O) groups excluding carboxylic acids is 1. The van der Waals surface area contributed by atoms with E-state index in [1.54, 1.807) is 0 Å². The molecule has 1 unspecified atom stereocenters. The van der Waals surface area contributed by atoms with Crippen molar-refractivity contribution in [2.45, 2.75) is 91.6 Å². The van der Waals surface area contributed by atoms with Crippen LogP contribution >= 0.6 is 0 Å². The summed E-state index contributed by atoms with van der Waals surface area (Å²) in [5.41, 5.74) is 1.02. The Bertz CT molecular complexity index is 643. The minimum Gasteiger partial charge on any atom is -0.518 e. The van der Waals surface area contributed by atoms with Crippen LogP contribution in [0.4, 0.5) is 5.69 Å². The summed E-state index contributed by atoms with van der Waals surface area (Å²) in [5.74, 6) is -0.120. The number of benzene rings is 1. The monoisotopic (exact) mass is 497 g/mol. The van der Waals surface area contributed by atoms with Gasteiger partial charge in [-0.05, 0) is 63.9 Å². The zero-order valence-electron chi connectivity index (χ0n) is 22.0. The van der Waals surface area contributed by atoms with Crippen LogP contribution in [0.25, 0.3) is 0 Å². The first kappa shape index (κ1) is 29.8. The zero-order chi connectivity index (χ0) is 24.7. The van der Waals surface area contributed by atoms with Crippen molar-refractivity contribution in [2.24, 2.45) is 0 Å². The number of nitrogens with zero attached hydrogens (tertiary/aromatic N) is 1. The van der Waals surface area contributed by atoms with Crippen LogP contribution in [0, 0.1) is 0 Å². The van der Waals surface area contributed by atoms with E-state index in [0.29, 0.717) is 19.8 Å². The average Bonchev–Trinajstić information content (AvgIpc) is 2.82. The third-order valence-electron chi connectivity index (χ3n) is 6.30. The summed E-state index contributed by atoms with van der Waals surface area (Å²) in [6.07, 6.45) is 1.81. The van der Waals surface area contributed by atoms with Crippen LogP contribution in [0.5, 0.6) is 0 Å². The Morgan fingerprint density at radius 3 is 2.00 bits per heavy atom. The Balaban J connectivity index is 2.95. The third-order valence-corrected chi connectivity index (χ3v) is 14.0. The summed E-state index contributed by atoms with van der Waals surface area (Å²) in [4.78, 5) is 15.1. The van der Waals surface area contributed by atoms with E-state index in [1.807, 2.05) is 44.2 Å². The molecule has 0 spiro atoms. The normalized spacial score (nSPS) is 13.1. The average molecular weight is 498 g/mol. The van der Waals surface area contributed by atoms with Crippen molar-refractivity contribution in [3.8, 4) is 0 Å². The first-order valence-corrected chi connectivity index (χ1v) is 17.3. The van der Waals surface area contributed by atoms with Crippen LogP contribution in [-0.2, 0) is 22.5 Å². The lowest BCUT2D eigenvalue weighted by Gasteiger charge is -2.33. The molecule has 0 fully saturated rings. The van der Waals surface area contributed by atoms with Gasteiger partial charge in [0.2, 0.25) is 0 Å². The summed E-state index contributed by atoms with van der Waals surface area (Å²) in [6.45, 7) is 16.7. The molecule has 0 saturated heterocycles. The molecule has 1 aromatic carbocycles. The molecule has 0 aromatic heterocycles. The molecular formula is C25H47NO5Si2. The first-order chi connectivity index (χ1) is 15.8. The molecule has 0 bridgehead atoms. The molecular weight excluding hydrogens is 450 g/mol. The molecule has 0 aliphatic heterocycles. The van der Waals surface area contributed by atoms with Gasteiger partial charge in [0.05, 0.1) is 0 Å². The van der Waals surface area contributed by atoms with Gasteiger partial charge in [-0.2, -0.15) is 0 Å². The second-order valence-corrected chi connectivity index (χ2v) is 15.8. The van der Waals surface area contributed by atoms with E-state index in [-0.39, 0.29) is 18.6 Å². The molecule has 1 aromatic rings. The Kier molecular flexibility index (Phi) is 14.2. The van der Waals surface area contributed by atoms with Crippen LogP contribution in [0.15, 0.2) is 30.3 Å². The molecule has 1 rings (SSSR count). The van der Waals surface area contributed by atoms with Crippen LogP contribution < -0.4 is 4.90 Å². The smallest absolute Gasteiger partial charge is 0.501 e. The lowest BCUT2D eigenvalue weighted by atomic mass is 10.2. The van der Waals surface area contributed by atoms with Crippen molar-refractivity contribution in [3.63, 3.8) is 0 Å². The maximum atomic E-state index is 13.0. The fraction of sp³-hybridized carbons (Fsp3) is 0.720. The summed E-state index contributed by atoms with van der Waals surface area (Å²) < 4.78 is 24.7. The second kappa shape index (κ2) is 15.7. The molecule has 0 saturated carbocycles. The maximum Gasteiger partial charge on any atom is 0.501 e. The molecule has 0 heterocycles. The Morgan fingerprint density at radius 2 is 1.52 bits per heavy atom. The zero-order valence-corrected chi connectivity index (χ0v) is 24.0. The second-order valence-electron chi connectivity index (χ2n) is 8.46. The maximum absolute atomic E-state index is 13.0. The van der Waals surface area contributed by atoms with Crippen LogP contribution in [-0.4, -0.2) is 55.5 Å². The molecule has 190 valence electrons. The Hall–Kier alpha value is -1.20. The number of hydrogen-bond donors (Lipinski definition) is 0. The minimum absolute atomic E-state index is 0.0881. The predicted octanol–water partition coefficient (Wildman–Crippen LogP) is 6.26. The Labute approximate surface area is 204 Å². The number of carbonyl (C=O) groups is 1. The minimum atomic E-state index is -2.78. The highest BCUT2D eigenvalue weighted by molar-refractivity contribution is 6.75. The molecule has 0 N–H and O–H groups in total. The molecule has 6 nitrogen and oxygen atoms in total.